The summed E-state index contributed by atoms with van der Waals surface area (Å²) in [6.45, 7) is 7.23. The van der Waals surface area contributed by atoms with Crippen molar-refractivity contribution in [2.24, 2.45) is 5.41 Å². The molecule has 1 nitrogen and oxygen atoms in total. The predicted octanol–water partition coefficient (Wildman–Crippen LogP) is 4.91. The molecule has 0 aromatic carbocycles. The first-order valence-electron chi connectivity index (χ1n) is 7.97. The van der Waals surface area contributed by atoms with Gasteiger partial charge in [0.05, 0.1) is 0 Å². The minimum atomic E-state index is 0.626. The van der Waals surface area contributed by atoms with E-state index in [1.165, 1.54) is 83.7 Å². The maximum Gasteiger partial charge on any atom is 0.000516 e. The van der Waals surface area contributed by atoms with Crippen molar-refractivity contribution in [1.29, 1.82) is 0 Å². The average molecular weight is 239 g/mol. The molecule has 102 valence electrons. The molecule has 0 aliphatic heterocycles. The number of nitrogens with one attached hydrogen (secondary N) is 1. The van der Waals surface area contributed by atoms with Crippen LogP contribution >= 0.6 is 0 Å². The number of hydrogen-bond acceptors (Lipinski definition) is 1. The largest absolute Gasteiger partial charge is 0.316 e. The third kappa shape index (κ3) is 7.08. The third-order valence-electron chi connectivity index (χ3n) is 4.32. The van der Waals surface area contributed by atoms with Gasteiger partial charge >= 0.3 is 0 Å². The van der Waals surface area contributed by atoms with Gasteiger partial charge in [0.15, 0.2) is 0 Å². The Labute approximate surface area is 109 Å². The van der Waals surface area contributed by atoms with Gasteiger partial charge in [0, 0.05) is 6.54 Å². The van der Waals surface area contributed by atoms with Crippen molar-refractivity contribution in [3.05, 3.63) is 0 Å². The van der Waals surface area contributed by atoms with Crippen LogP contribution in [0.25, 0.3) is 0 Å². The smallest absolute Gasteiger partial charge is 0.000516 e. The van der Waals surface area contributed by atoms with Crippen LogP contribution in [0.1, 0.15) is 84.5 Å². The Bertz CT molecular complexity index is 170. The fourth-order valence-electron chi connectivity index (χ4n) is 3.00. The van der Waals surface area contributed by atoms with E-state index in [0.29, 0.717) is 5.41 Å². The van der Waals surface area contributed by atoms with E-state index in [-0.39, 0.29) is 0 Å². The van der Waals surface area contributed by atoms with E-state index in [4.69, 9.17) is 0 Å². The van der Waals surface area contributed by atoms with Gasteiger partial charge in [-0.1, -0.05) is 65.2 Å². The molecule has 1 N–H and O–H groups in total. The Kier molecular flexibility index (Phi) is 7.92. The van der Waals surface area contributed by atoms with Gasteiger partial charge in [-0.05, 0) is 31.2 Å². The van der Waals surface area contributed by atoms with Gasteiger partial charge in [-0.2, -0.15) is 0 Å². The maximum atomic E-state index is 3.67. The van der Waals surface area contributed by atoms with E-state index in [2.05, 4.69) is 19.2 Å². The monoisotopic (exact) mass is 239 g/mol. The molecule has 1 aliphatic carbocycles. The van der Waals surface area contributed by atoms with Gasteiger partial charge in [-0.15, -0.1) is 0 Å². The van der Waals surface area contributed by atoms with E-state index in [1.54, 1.807) is 0 Å². The van der Waals surface area contributed by atoms with Crippen molar-refractivity contribution in [3.8, 4) is 0 Å². The van der Waals surface area contributed by atoms with Crippen LogP contribution in [0, 0.1) is 5.41 Å². The zero-order valence-corrected chi connectivity index (χ0v) is 12.2. The fraction of sp³-hybridized carbons (Fsp3) is 1.00. The zero-order chi connectivity index (χ0) is 12.4. The lowest BCUT2D eigenvalue weighted by Crippen LogP contribution is -2.30. The van der Waals surface area contributed by atoms with Gasteiger partial charge in [-0.3, -0.25) is 0 Å². The van der Waals surface area contributed by atoms with Crippen LogP contribution in [0.4, 0.5) is 0 Å². The van der Waals surface area contributed by atoms with Crippen LogP contribution in [0.5, 0.6) is 0 Å². The lowest BCUT2D eigenvalue weighted by atomic mass is 9.89. The Morgan fingerprint density at radius 1 is 0.882 bits per heavy atom. The molecule has 0 saturated heterocycles. The molecule has 0 amide bonds. The molecule has 1 heteroatoms. The fourth-order valence-corrected chi connectivity index (χ4v) is 3.00. The second-order valence-electron chi connectivity index (χ2n) is 6.32. The molecule has 0 radical (unpaired) electrons. The van der Waals surface area contributed by atoms with Gasteiger partial charge in [0.2, 0.25) is 0 Å². The molecule has 1 fully saturated rings. The molecule has 0 unspecified atom stereocenters. The van der Waals surface area contributed by atoms with Gasteiger partial charge in [-0.25, -0.2) is 0 Å². The summed E-state index contributed by atoms with van der Waals surface area (Å²) in [4.78, 5) is 0. The highest BCUT2D eigenvalue weighted by Gasteiger charge is 2.27. The van der Waals surface area contributed by atoms with Gasteiger partial charge in [0.1, 0.15) is 0 Å². The molecule has 0 aromatic heterocycles. The summed E-state index contributed by atoms with van der Waals surface area (Å²) < 4.78 is 0. The van der Waals surface area contributed by atoms with Crippen molar-refractivity contribution >= 4 is 0 Å². The van der Waals surface area contributed by atoms with E-state index >= 15 is 0 Å². The summed E-state index contributed by atoms with van der Waals surface area (Å²) in [5, 5.41) is 3.67. The summed E-state index contributed by atoms with van der Waals surface area (Å²) >= 11 is 0. The second-order valence-corrected chi connectivity index (χ2v) is 6.32. The second kappa shape index (κ2) is 8.97. The van der Waals surface area contributed by atoms with E-state index in [9.17, 15) is 0 Å². The lowest BCUT2D eigenvalue weighted by molar-refractivity contribution is 0.314. The Morgan fingerprint density at radius 2 is 1.47 bits per heavy atom. The van der Waals surface area contributed by atoms with Crippen LogP contribution in [0.15, 0.2) is 0 Å². The SMILES string of the molecule is CCCCCCCCCNCC1(C)CCCC1. The Balaban J connectivity index is 1.81. The minimum Gasteiger partial charge on any atom is -0.316 e. The first-order valence-corrected chi connectivity index (χ1v) is 7.97. The molecule has 0 atom stereocenters. The third-order valence-corrected chi connectivity index (χ3v) is 4.32. The molecule has 1 saturated carbocycles. The van der Waals surface area contributed by atoms with Crippen LogP contribution < -0.4 is 5.32 Å². The number of unbranched alkanes of at least 4 members (excludes halogenated alkanes) is 6. The van der Waals surface area contributed by atoms with E-state index in [0.717, 1.165) is 0 Å². The molecular formula is C16H33N. The van der Waals surface area contributed by atoms with E-state index < -0.39 is 0 Å². The first kappa shape index (κ1) is 15.0. The summed E-state index contributed by atoms with van der Waals surface area (Å²) in [6.07, 6.45) is 15.7. The molecule has 1 aliphatic rings. The lowest BCUT2D eigenvalue weighted by Gasteiger charge is -2.23. The topological polar surface area (TPSA) is 12.0 Å². The van der Waals surface area contributed by atoms with Crippen molar-refractivity contribution in [1.82, 2.24) is 5.32 Å². The standard InChI is InChI=1S/C16H33N/c1-3-4-5-6-7-8-11-14-17-15-16(2)12-9-10-13-16/h17H,3-15H2,1-2H3. The van der Waals surface area contributed by atoms with Gasteiger partial charge < -0.3 is 5.32 Å². The predicted molar refractivity (Wildman–Crippen MR) is 77.4 cm³/mol. The summed E-state index contributed by atoms with van der Waals surface area (Å²) in [6, 6.07) is 0. The summed E-state index contributed by atoms with van der Waals surface area (Å²) in [5.41, 5.74) is 0.626. The molecule has 0 heterocycles. The average Bonchev–Trinajstić information content (AvgIpc) is 2.74. The van der Waals surface area contributed by atoms with Crippen LogP contribution in [-0.2, 0) is 0 Å². The molecule has 0 aromatic rings. The first-order chi connectivity index (χ1) is 8.27. The Morgan fingerprint density at radius 3 is 2.12 bits per heavy atom. The van der Waals surface area contributed by atoms with E-state index in [1.807, 2.05) is 0 Å². The van der Waals surface area contributed by atoms with Crippen molar-refractivity contribution in [2.75, 3.05) is 13.1 Å². The molecular weight excluding hydrogens is 206 g/mol. The van der Waals surface area contributed by atoms with Crippen molar-refractivity contribution in [3.63, 3.8) is 0 Å². The highest BCUT2D eigenvalue weighted by Crippen LogP contribution is 2.36. The number of hydrogen-bond donors (Lipinski definition) is 1. The van der Waals surface area contributed by atoms with Crippen molar-refractivity contribution < 1.29 is 0 Å². The van der Waals surface area contributed by atoms with Crippen LogP contribution in [-0.4, -0.2) is 13.1 Å². The normalized spacial score (nSPS) is 18.7. The molecule has 17 heavy (non-hydrogen) atoms. The summed E-state index contributed by atoms with van der Waals surface area (Å²) in [7, 11) is 0. The highest BCUT2D eigenvalue weighted by atomic mass is 14.9. The molecule has 0 spiro atoms. The van der Waals surface area contributed by atoms with Gasteiger partial charge in [0.25, 0.3) is 0 Å². The van der Waals surface area contributed by atoms with Crippen molar-refractivity contribution in [2.45, 2.75) is 84.5 Å². The Hall–Kier alpha value is -0.0400. The molecule has 1 rings (SSSR count). The highest BCUT2D eigenvalue weighted by molar-refractivity contribution is 4.82. The maximum absolute atomic E-state index is 3.67. The van der Waals surface area contributed by atoms with Crippen LogP contribution in [0.2, 0.25) is 0 Å². The molecule has 0 bridgehead atoms. The number of rotatable bonds is 10. The van der Waals surface area contributed by atoms with Crippen LogP contribution in [0.3, 0.4) is 0 Å². The zero-order valence-electron chi connectivity index (χ0n) is 12.2. The minimum absolute atomic E-state index is 0.626. The quantitative estimate of drug-likeness (QED) is 0.534. The summed E-state index contributed by atoms with van der Waals surface area (Å²) in [5.74, 6) is 0.